The lowest BCUT2D eigenvalue weighted by Gasteiger charge is -2.13. The lowest BCUT2D eigenvalue weighted by atomic mass is 10.1. The Morgan fingerprint density at radius 3 is 1.85 bits per heavy atom. The van der Waals surface area contributed by atoms with E-state index >= 15 is 0 Å². The van der Waals surface area contributed by atoms with Crippen LogP contribution in [0.5, 0.6) is 0 Å². The van der Waals surface area contributed by atoms with E-state index < -0.39 is 51.0 Å². The second-order valence-electron chi connectivity index (χ2n) is 3.46. The molecule has 0 bridgehead atoms. The second kappa shape index (κ2) is 4.96. The van der Waals surface area contributed by atoms with E-state index in [0.29, 0.717) is 12.1 Å². The molecule has 0 aliphatic rings. The van der Waals surface area contributed by atoms with Crippen LogP contribution in [0.3, 0.4) is 0 Å². The molecule has 1 aromatic rings. The minimum absolute atomic E-state index is 0.432. The highest BCUT2D eigenvalue weighted by Gasteiger charge is 2.36. The number of hydrogen-bond acceptors (Lipinski definition) is 5. The van der Waals surface area contributed by atoms with Crippen molar-refractivity contribution in [1.82, 2.24) is 0 Å². The molecular formula is C8H7O10PS. The van der Waals surface area contributed by atoms with E-state index in [0.717, 1.165) is 0 Å². The third kappa shape index (κ3) is 3.03. The molecule has 0 aromatic heterocycles. The van der Waals surface area contributed by atoms with Crippen molar-refractivity contribution in [3.05, 3.63) is 23.3 Å². The SMILES string of the molecule is O=C(O)c1ccc(S(=O)(=O)O)c(C(=O)O)c1P(=O)(O)O. The van der Waals surface area contributed by atoms with Crippen LogP contribution < -0.4 is 5.30 Å². The molecule has 0 unspecified atom stereocenters. The van der Waals surface area contributed by atoms with Gasteiger partial charge in [-0.2, -0.15) is 8.42 Å². The molecule has 0 fully saturated rings. The van der Waals surface area contributed by atoms with Crippen LogP contribution in [0.2, 0.25) is 0 Å². The number of aromatic carboxylic acids is 2. The van der Waals surface area contributed by atoms with Crippen molar-refractivity contribution in [2.75, 3.05) is 0 Å². The van der Waals surface area contributed by atoms with Gasteiger partial charge in [0.25, 0.3) is 10.1 Å². The van der Waals surface area contributed by atoms with Gasteiger partial charge in [-0.15, -0.1) is 0 Å². The van der Waals surface area contributed by atoms with Crippen molar-refractivity contribution < 1.29 is 47.1 Å². The lowest BCUT2D eigenvalue weighted by Crippen LogP contribution is -2.26. The van der Waals surface area contributed by atoms with E-state index in [-0.39, 0.29) is 0 Å². The van der Waals surface area contributed by atoms with Crippen molar-refractivity contribution in [2.45, 2.75) is 4.90 Å². The minimum atomic E-state index is -5.43. The molecule has 0 aliphatic carbocycles. The average molecular weight is 326 g/mol. The van der Waals surface area contributed by atoms with Crippen molar-refractivity contribution in [3.8, 4) is 0 Å². The third-order valence-electron chi connectivity index (χ3n) is 2.15. The summed E-state index contributed by atoms with van der Waals surface area (Å²) in [4.78, 5) is 38.6. The average Bonchev–Trinajstić information content (AvgIpc) is 2.24. The molecule has 1 aromatic carbocycles. The molecule has 0 radical (unpaired) electrons. The van der Waals surface area contributed by atoms with E-state index in [9.17, 15) is 22.6 Å². The Labute approximate surface area is 111 Å². The quantitative estimate of drug-likeness (QED) is 0.344. The largest absolute Gasteiger partial charge is 0.478 e. The highest BCUT2D eigenvalue weighted by molar-refractivity contribution is 7.86. The Hall–Kier alpha value is -1.78. The first-order chi connectivity index (χ1) is 8.87. The highest BCUT2D eigenvalue weighted by atomic mass is 32.2. The molecule has 0 heterocycles. The fraction of sp³-hybridized carbons (Fsp3) is 0. The van der Waals surface area contributed by atoms with Crippen LogP contribution >= 0.6 is 7.60 Å². The van der Waals surface area contributed by atoms with Gasteiger partial charge in [0.2, 0.25) is 0 Å². The van der Waals surface area contributed by atoms with Crippen molar-refractivity contribution in [2.24, 2.45) is 0 Å². The highest BCUT2D eigenvalue weighted by Crippen LogP contribution is 2.38. The van der Waals surface area contributed by atoms with E-state index in [4.69, 9.17) is 24.6 Å². The zero-order valence-electron chi connectivity index (χ0n) is 9.29. The van der Waals surface area contributed by atoms with Gasteiger partial charge in [0.1, 0.15) is 4.90 Å². The minimum Gasteiger partial charge on any atom is -0.478 e. The molecule has 0 aliphatic heterocycles. The van der Waals surface area contributed by atoms with Gasteiger partial charge in [-0.05, 0) is 12.1 Å². The molecule has 0 atom stereocenters. The molecule has 20 heavy (non-hydrogen) atoms. The predicted octanol–water partition coefficient (Wildman–Crippen LogP) is -0.867. The Morgan fingerprint density at radius 1 is 1.05 bits per heavy atom. The Morgan fingerprint density at radius 2 is 1.55 bits per heavy atom. The first-order valence-electron chi connectivity index (χ1n) is 4.54. The molecule has 0 spiro atoms. The van der Waals surface area contributed by atoms with E-state index in [1.807, 2.05) is 0 Å². The summed E-state index contributed by atoms with van der Waals surface area (Å²) >= 11 is 0. The zero-order chi connectivity index (χ0) is 15.9. The summed E-state index contributed by atoms with van der Waals surface area (Å²) in [6.45, 7) is 0. The van der Waals surface area contributed by atoms with Crippen LogP contribution in [0.1, 0.15) is 20.7 Å². The Kier molecular flexibility index (Phi) is 4.04. The second-order valence-corrected chi connectivity index (χ2v) is 6.39. The van der Waals surface area contributed by atoms with Crippen LogP contribution in [0.4, 0.5) is 0 Å². The molecule has 0 saturated carbocycles. The first-order valence-corrected chi connectivity index (χ1v) is 7.59. The van der Waals surface area contributed by atoms with Gasteiger partial charge in [-0.25, -0.2) is 9.59 Å². The van der Waals surface area contributed by atoms with Crippen molar-refractivity contribution in [1.29, 1.82) is 0 Å². The van der Waals surface area contributed by atoms with Crippen LogP contribution in [0, 0.1) is 0 Å². The molecule has 0 amide bonds. The van der Waals surface area contributed by atoms with Crippen molar-refractivity contribution in [3.63, 3.8) is 0 Å². The molecule has 1 rings (SSSR count). The lowest BCUT2D eigenvalue weighted by molar-refractivity contribution is 0.0693. The maximum atomic E-state index is 11.3. The van der Waals surface area contributed by atoms with Gasteiger partial charge in [-0.3, -0.25) is 9.12 Å². The molecular weight excluding hydrogens is 319 g/mol. The normalized spacial score (nSPS) is 12.2. The van der Waals surface area contributed by atoms with Gasteiger partial charge in [-0.1, -0.05) is 0 Å². The maximum absolute atomic E-state index is 11.3. The van der Waals surface area contributed by atoms with E-state index in [1.165, 1.54) is 0 Å². The summed E-state index contributed by atoms with van der Waals surface area (Å²) in [5.41, 5.74) is -2.57. The van der Waals surface area contributed by atoms with Crippen LogP contribution in [0.25, 0.3) is 0 Å². The number of hydrogen-bond donors (Lipinski definition) is 5. The van der Waals surface area contributed by atoms with E-state index in [1.54, 1.807) is 0 Å². The molecule has 10 nitrogen and oxygen atoms in total. The van der Waals surface area contributed by atoms with Gasteiger partial charge < -0.3 is 20.0 Å². The zero-order valence-corrected chi connectivity index (χ0v) is 11.0. The summed E-state index contributed by atoms with van der Waals surface area (Å²) in [7, 11) is -10.6. The predicted molar refractivity (Wildman–Crippen MR) is 61.9 cm³/mol. The molecule has 5 N–H and O–H groups in total. The molecule has 12 heteroatoms. The molecule has 110 valence electrons. The number of carboxylic acids is 2. The van der Waals surface area contributed by atoms with Gasteiger partial charge >= 0.3 is 19.5 Å². The summed E-state index contributed by atoms with van der Waals surface area (Å²) in [6.07, 6.45) is 0. The molecule has 0 saturated heterocycles. The summed E-state index contributed by atoms with van der Waals surface area (Å²) in [5.74, 6) is -3.98. The third-order valence-corrected chi connectivity index (χ3v) is 4.10. The number of carboxylic acid groups (broad SMARTS) is 2. The summed E-state index contributed by atoms with van der Waals surface area (Å²) in [6, 6.07) is 0.910. The monoisotopic (exact) mass is 326 g/mol. The number of benzene rings is 1. The number of rotatable bonds is 4. The fourth-order valence-electron chi connectivity index (χ4n) is 1.47. The van der Waals surface area contributed by atoms with Gasteiger partial charge in [0.15, 0.2) is 0 Å². The fourth-order valence-corrected chi connectivity index (χ4v) is 3.22. The van der Waals surface area contributed by atoms with E-state index in [2.05, 4.69) is 0 Å². The van der Waals surface area contributed by atoms with Gasteiger partial charge in [0.05, 0.1) is 16.4 Å². The first kappa shape index (κ1) is 16.3. The van der Waals surface area contributed by atoms with Crippen LogP contribution in [-0.4, -0.2) is 44.9 Å². The van der Waals surface area contributed by atoms with Crippen LogP contribution in [0.15, 0.2) is 17.0 Å². The maximum Gasteiger partial charge on any atom is 0.358 e. The summed E-state index contributed by atoms with van der Waals surface area (Å²) in [5, 5.41) is 16.2. The smallest absolute Gasteiger partial charge is 0.358 e. The Balaban J connectivity index is 4.07. The van der Waals surface area contributed by atoms with Crippen molar-refractivity contribution >= 4 is 35.0 Å². The summed E-state index contributed by atoms with van der Waals surface area (Å²) < 4.78 is 42.1. The number of carbonyl (C=O) groups is 2. The topological polar surface area (TPSA) is 186 Å². The standard InChI is InChI=1S/C8H7O10PS/c9-7(10)3-1-2-4(20(16,17)18)5(8(11)12)6(3)19(13,14)15/h1-2H,(H,9,10)(H,11,12)(H2,13,14,15)(H,16,17,18). The Bertz CT molecular complexity index is 743. The van der Waals surface area contributed by atoms with Gasteiger partial charge in [0, 0.05) is 0 Å². The van der Waals surface area contributed by atoms with Crippen LogP contribution in [-0.2, 0) is 14.7 Å².